The molecule has 1 aromatic carbocycles. The first-order valence-electron chi connectivity index (χ1n) is 16.5. The van der Waals surface area contributed by atoms with Crippen LogP contribution in [0.4, 0.5) is 4.79 Å². The Morgan fingerprint density at radius 3 is 2.34 bits per heavy atom. The molecule has 44 heavy (non-hydrogen) atoms. The Balaban J connectivity index is 1.47. The van der Waals surface area contributed by atoms with E-state index >= 15 is 0 Å². The zero-order chi connectivity index (χ0) is 31.6. The Morgan fingerprint density at radius 2 is 1.70 bits per heavy atom. The van der Waals surface area contributed by atoms with E-state index in [9.17, 15) is 14.4 Å². The molecule has 0 saturated carbocycles. The largest absolute Gasteiger partial charge is 0.444 e. The molecule has 242 valence electrons. The van der Waals surface area contributed by atoms with Gasteiger partial charge >= 0.3 is 6.09 Å². The number of carbonyl (C=O) groups is 3. The number of nitrogens with zero attached hydrogens (tertiary/aromatic N) is 5. The zero-order valence-corrected chi connectivity index (χ0v) is 27.5. The Kier molecular flexibility index (Phi) is 9.87. The standard InChI is InChI=1S/C34H51N5O5/c1-23(2)20-38(32(41)30-35-28-11-7-8-12-29(28)37(30)17-9-10-18-43-6)27-19-24(21-36(22-27)33(42)44-34(3,4)5)31(40)39-25-13-14-26(39)16-15-25/h7-8,11-12,23-27H,9-10,13-22H2,1-6H3/t24-,25?,26?,27+/m1/s1. The van der Waals surface area contributed by atoms with Gasteiger partial charge in [0.25, 0.3) is 5.91 Å². The van der Waals surface area contributed by atoms with Crippen molar-refractivity contribution in [2.75, 3.05) is 33.4 Å². The molecule has 0 radical (unpaired) electrons. The molecule has 3 aliphatic rings. The smallest absolute Gasteiger partial charge is 0.410 e. The Labute approximate surface area is 262 Å². The molecule has 10 nitrogen and oxygen atoms in total. The monoisotopic (exact) mass is 609 g/mol. The van der Waals surface area contributed by atoms with Crippen LogP contribution >= 0.6 is 0 Å². The van der Waals surface area contributed by atoms with Crippen LogP contribution in [0.2, 0.25) is 0 Å². The molecule has 3 aliphatic heterocycles. The number of aromatic nitrogens is 2. The minimum absolute atomic E-state index is 0.121. The summed E-state index contributed by atoms with van der Waals surface area (Å²) in [6, 6.07) is 8.11. The summed E-state index contributed by atoms with van der Waals surface area (Å²) in [6.07, 6.45) is 6.03. The van der Waals surface area contributed by atoms with Crippen molar-refractivity contribution < 1.29 is 23.9 Å². The molecule has 1 aromatic heterocycles. The number of ether oxygens (including phenoxy) is 2. The normalized spacial score (nSPS) is 23.5. The summed E-state index contributed by atoms with van der Waals surface area (Å²) < 4.78 is 13.1. The van der Waals surface area contributed by atoms with Gasteiger partial charge in [0.2, 0.25) is 5.91 Å². The molecule has 3 amide bonds. The van der Waals surface area contributed by atoms with Crippen LogP contribution in [0, 0.1) is 11.8 Å². The molecule has 2 aromatic rings. The quantitative estimate of drug-likeness (QED) is 0.338. The molecular formula is C34H51N5O5. The maximum atomic E-state index is 14.6. The highest BCUT2D eigenvalue weighted by molar-refractivity contribution is 5.95. The van der Waals surface area contributed by atoms with Crippen LogP contribution < -0.4 is 0 Å². The van der Waals surface area contributed by atoms with Gasteiger partial charge in [0, 0.05) is 52.0 Å². The van der Waals surface area contributed by atoms with Crippen molar-refractivity contribution in [3.63, 3.8) is 0 Å². The second kappa shape index (κ2) is 13.5. The molecule has 5 rings (SSSR count). The van der Waals surface area contributed by atoms with Crippen molar-refractivity contribution in [3.8, 4) is 0 Å². The van der Waals surface area contributed by atoms with Crippen molar-refractivity contribution in [1.82, 2.24) is 24.3 Å². The van der Waals surface area contributed by atoms with Gasteiger partial charge < -0.3 is 28.7 Å². The lowest BCUT2D eigenvalue weighted by atomic mass is 9.91. The van der Waals surface area contributed by atoms with E-state index in [1.807, 2.05) is 54.5 Å². The molecular weight excluding hydrogens is 558 g/mol. The second-order valence-corrected chi connectivity index (χ2v) is 14.3. The summed E-state index contributed by atoms with van der Waals surface area (Å²) >= 11 is 0. The van der Waals surface area contributed by atoms with Gasteiger partial charge in [0.1, 0.15) is 5.60 Å². The minimum Gasteiger partial charge on any atom is -0.444 e. The third-order valence-corrected chi connectivity index (χ3v) is 9.23. The molecule has 0 N–H and O–H groups in total. The molecule has 4 heterocycles. The summed E-state index contributed by atoms with van der Waals surface area (Å²) in [5.74, 6) is 0.150. The number of methoxy groups -OCH3 is 1. The predicted octanol–water partition coefficient (Wildman–Crippen LogP) is 5.34. The fraction of sp³-hybridized carbons (Fsp3) is 0.706. The van der Waals surface area contributed by atoms with Gasteiger partial charge in [0.05, 0.1) is 23.0 Å². The van der Waals surface area contributed by atoms with E-state index in [1.54, 1.807) is 12.0 Å². The van der Waals surface area contributed by atoms with Crippen LogP contribution in [-0.2, 0) is 20.8 Å². The van der Waals surface area contributed by atoms with Crippen molar-refractivity contribution >= 4 is 28.9 Å². The number of amides is 3. The average molecular weight is 610 g/mol. The van der Waals surface area contributed by atoms with Gasteiger partial charge in [0.15, 0.2) is 5.82 Å². The van der Waals surface area contributed by atoms with E-state index < -0.39 is 17.6 Å². The van der Waals surface area contributed by atoms with Gasteiger partial charge in [-0.1, -0.05) is 26.0 Å². The van der Waals surface area contributed by atoms with E-state index in [2.05, 4.69) is 18.7 Å². The molecule has 10 heteroatoms. The van der Waals surface area contributed by atoms with Crippen molar-refractivity contribution in [1.29, 1.82) is 0 Å². The number of unbranched alkanes of at least 4 members (excludes halogenated alkanes) is 1. The predicted molar refractivity (Wildman–Crippen MR) is 169 cm³/mol. The van der Waals surface area contributed by atoms with E-state index in [-0.39, 0.29) is 23.8 Å². The summed E-state index contributed by atoms with van der Waals surface area (Å²) in [5.41, 5.74) is 1.04. The molecule has 2 atom stereocenters. The first-order valence-corrected chi connectivity index (χ1v) is 16.5. The van der Waals surface area contributed by atoms with Crippen molar-refractivity contribution in [2.24, 2.45) is 11.8 Å². The SMILES string of the molecule is COCCCCn1c(C(=O)N(CC(C)C)[C@H]2C[C@@H](C(=O)N3C4CCC3CC4)CN(C(=O)OC(C)(C)C)C2)nc2ccccc21. The Bertz CT molecular complexity index is 1310. The summed E-state index contributed by atoms with van der Waals surface area (Å²) in [7, 11) is 1.70. The van der Waals surface area contributed by atoms with Gasteiger partial charge in [-0.25, -0.2) is 9.78 Å². The summed E-state index contributed by atoms with van der Waals surface area (Å²) in [4.78, 5) is 52.7. The molecule has 3 fully saturated rings. The number of hydrogen-bond acceptors (Lipinski definition) is 6. The van der Waals surface area contributed by atoms with Crippen LogP contribution in [0.1, 0.15) is 90.2 Å². The Morgan fingerprint density at radius 1 is 1.02 bits per heavy atom. The van der Waals surface area contributed by atoms with Gasteiger partial charge in [-0.2, -0.15) is 0 Å². The third-order valence-electron chi connectivity index (χ3n) is 9.23. The van der Waals surface area contributed by atoms with Crippen LogP contribution in [0.3, 0.4) is 0 Å². The highest BCUT2D eigenvalue weighted by Crippen LogP contribution is 2.39. The third kappa shape index (κ3) is 7.05. The van der Waals surface area contributed by atoms with Gasteiger partial charge in [-0.15, -0.1) is 0 Å². The van der Waals surface area contributed by atoms with E-state index in [0.717, 1.165) is 49.6 Å². The van der Waals surface area contributed by atoms with Crippen molar-refractivity contribution in [2.45, 2.75) is 110 Å². The number of rotatable bonds is 10. The lowest BCUT2D eigenvalue weighted by Crippen LogP contribution is -2.58. The number of benzene rings is 1. The fourth-order valence-electron chi connectivity index (χ4n) is 7.34. The maximum Gasteiger partial charge on any atom is 0.410 e. The number of piperidine rings is 1. The molecule has 0 aliphatic carbocycles. The topological polar surface area (TPSA) is 97.2 Å². The van der Waals surface area contributed by atoms with Gasteiger partial charge in [-0.3, -0.25) is 9.59 Å². The summed E-state index contributed by atoms with van der Waals surface area (Å²) in [6.45, 7) is 12.2. The highest BCUT2D eigenvalue weighted by Gasteiger charge is 2.47. The lowest BCUT2D eigenvalue weighted by Gasteiger charge is -2.44. The lowest BCUT2D eigenvalue weighted by molar-refractivity contribution is -0.139. The zero-order valence-electron chi connectivity index (χ0n) is 27.5. The van der Waals surface area contributed by atoms with Crippen LogP contribution in [0.5, 0.6) is 0 Å². The Hall–Kier alpha value is -3.14. The maximum absolute atomic E-state index is 14.6. The first kappa shape index (κ1) is 32.3. The van der Waals surface area contributed by atoms with Crippen LogP contribution in [0.25, 0.3) is 11.0 Å². The molecule has 0 spiro atoms. The van der Waals surface area contributed by atoms with E-state index in [0.29, 0.717) is 57.1 Å². The molecule has 0 unspecified atom stereocenters. The fourth-order valence-corrected chi connectivity index (χ4v) is 7.34. The van der Waals surface area contributed by atoms with E-state index in [4.69, 9.17) is 14.5 Å². The first-order chi connectivity index (χ1) is 21.0. The number of hydrogen-bond donors (Lipinski definition) is 0. The summed E-state index contributed by atoms with van der Waals surface area (Å²) in [5, 5.41) is 0. The number of imidazole rings is 1. The van der Waals surface area contributed by atoms with Gasteiger partial charge in [-0.05, 0) is 83.8 Å². The van der Waals surface area contributed by atoms with Crippen molar-refractivity contribution in [3.05, 3.63) is 30.1 Å². The number of likely N-dealkylation sites (tertiary alicyclic amines) is 1. The van der Waals surface area contributed by atoms with Crippen LogP contribution in [-0.4, -0.2) is 99.2 Å². The second-order valence-electron chi connectivity index (χ2n) is 14.3. The highest BCUT2D eigenvalue weighted by atomic mass is 16.6. The molecule has 2 bridgehead atoms. The minimum atomic E-state index is -0.668. The molecule has 3 saturated heterocycles. The number of fused-ring (bicyclic) bond motifs is 3. The van der Waals surface area contributed by atoms with E-state index in [1.165, 1.54) is 0 Å². The number of aryl methyl sites for hydroxylation is 1. The average Bonchev–Trinajstić information content (AvgIpc) is 3.69. The number of carbonyl (C=O) groups excluding carboxylic acids is 3. The van der Waals surface area contributed by atoms with Crippen LogP contribution in [0.15, 0.2) is 24.3 Å². The number of para-hydroxylation sites is 2.